The Balaban J connectivity index is 2.09. The zero-order valence-corrected chi connectivity index (χ0v) is 25.0. The standard InChI is InChI=1S/C29H32Cl2FN3O4S/c1-5-26(29(37)33-19(2)3)34(17-21-12-15-23(30)24(31)16-21)28(36)18-35(27-9-7-6-8-25(27)32)40(38,39)22-13-10-20(4)11-14-22/h6-16,19,26H,5,17-18H2,1-4H3,(H,33,37)/t26-/m1/s1. The number of sulfonamides is 1. The number of amides is 2. The molecule has 0 fully saturated rings. The van der Waals surface area contributed by atoms with Gasteiger partial charge in [0.05, 0.1) is 20.6 Å². The highest BCUT2D eigenvalue weighted by Gasteiger charge is 2.34. The lowest BCUT2D eigenvalue weighted by atomic mass is 10.1. The van der Waals surface area contributed by atoms with Crippen molar-refractivity contribution in [1.29, 1.82) is 0 Å². The minimum Gasteiger partial charge on any atom is -0.352 e. The van der Waals surface area contributed by atoms with Crippen LogP contribution in [0.4, 0.5) is 10.1 Å². The Bertz CT molecular complexity index is 1470. The lowest BCUT2D eigenvalue weighted by molar-refractivity contribution is -0.140. The lowest BCUT2D eigenvalue weighted by Gasteiger charge is -2.33. The molecule has 214 valence electrons. The van der Waals surface area contributed by atoms with Crippen LogP contribution in [0.2, 0.25) is 10.0 Å². The quantitative estimate of drug-likeness (QED) is 0.291. The number of carbonyl (C=O) groups excluding carboxylic acids is 2. The van der Waals surface area contributed by atoms with E-state index < -0.39 is 40.2 Å². The molecule has 0 spiro atoms. The monoisotopic (exact) mass is 607 g/mol. The van der Waals surface area contributed by atoms with Crippen LogP contribution in [0.15, 0.2) is 71.6 Å². The van der Waals surface area contributed by atoms with Crippen molar-refractivity contribution in [1.82, 2.24) is 10.2 Å². The zero-order chi connectivity index (χ0) is 29.6. The second kappa shape index (κ2) is 13.5. The second-order valence-electron chi connectivity index (χ2n) is 9.63. The first kappa shape index (κ1) is 31.4. The smallest absolute Gasteiger partial charge is 0.264 e. The molecule has 0 aliphatic carbocycles. The zero-order valence-electron chi connectivity index (χ0n) is 22.7. The van der Waals surface area contributed by atoms with E-state index in [1.54, 1.807) is 51.1 Å². The van der Waals surface area contributed by atoms with Crippen molar-refractivity contribution in [3.8, 4) is 0 Å². The van der Waals surface area contributed by atoms with Crippen LogP contribution in [0, 0.1) is 12.7 Å². The number of rotatable bonds is 11. The Morgan fingerprint density at radius 2 is 1.62 bits per heavy atom. The Morgan fingerprint density at radius 1 is 0.975 bits per heavy atom. The number of para-hydroxylation sites is 1. The predicted octanol–water partition coefficient (Wildman–Crippen LogP) is 5.97. The third kappa shape index (κ3) is 7.53. The Morgan fingerprint density at radius 3 is 2.20 bits per heavy atom. The van der Waals surface area contributed by atoms with E-state index in [0.717, 1.165) is 15.9 Å². The van der Waals surface area contributed by atoms with Crippen molar-refractivity contribution in [3.05, 3.63) is 93.7 Å². The Hall–Kier alpha value is -3.14. The molecule has 3 rings (SSSR count). The van der Waals surface area contributed by atoms with Gasteiger partial charge in [-0.3, -0.25) is 13.9 Å². The van der Waals surface area contributed by atoms with E-state index in [2.05, 4.69) is 5.32 Å². The van der Waals surface area contributed by atoms with E-state index in [1.165, 1.54) is 35.2 Å². The molecule has 0 unspecified atom stereocenters. The SMILES string of the molecule is CC[C@H](C(=O)NC(C)C)N(Cc1ccc(Cl)c(Cl)c1)C(=O)CN(c1ccccc1F)S(=O)(=O)c1ccc(C)cc1. The van der Waals surface area contributed by atoms with E-state index in [1.807, 2.05) is 6.92 Å². The van der Waals surface area contributed by atoms with Crippen LogP contribution >= 0.6 is 23.2 Å². The van der Waals surface area contributed by atoms with E-state index in [-0.39, 0.29) is 34.6 Å². The minimum absolute atomic E-state index is 0.0601. The summed E-state index contributed by atoms with van der Waals surface area (Å²) in [5, 5.41) is 3.41. The molecule has 0 saturated carbocycles. The molecule has 11 heteroatoms. The number of aryl methyl sites for hydroxylation is 1. The number of carbonyl (C=O) groups is 2. The van der Waals surface area contributed by atoms with Gasteiger partial charge in [-0.25, -0.2) is 12.8 Å². The molecule has 0 heterocycles. The number of nitrogens with one attached hydrogen (secondary N) is 1. The largest absolute Gasteiger partial charge is 0.352 e. The summed E-state index contributed by atoms with van der Waals surface area (Å²) in [6.45, 7) is 6.34. The third-order valence-corrected chi connectivity index (χ3v) is 8.68. The fourth-order valence-corrected chi connectivity index (χ4v) is 5.88. The summed E-state index contributed by atoms with van der Waals surface area (Å²) in [5.41, 5.74) is 1.13. The van der Waals surface area contributed by atoms with E-state index >= 15 is 4.39 Å². The maximum absolute atomic E-state index is 15.0. The van der Waals surface area contributed by atoms with Gasteiger partial charge < -0.3 is 10.2 Å². The predicted molar refractivity (Wildman–Crippen MR) is 156 cm³/mol. The highest BCUT2D eigenvalue weighted by Crippen LogP contribution is 2.28. The van der Waals surface area contributed by atoms with Crippen molar-refractivity contribution in [2.75, 3.05) is 10.8 Å². The average molecular weight is 609 g/mol. The fraction of sp³-hybridized carbons (Fsp3) is 0.310. The number of hydrogen-bond donors (Lipinski definition) is 1. The van der Waals surface area contributed by atoms with Gasteiger partial charge in [0.2, 0.25) is 11.8 Å². The number of nitrogens with zero attached hydrogens (tertiary/aromatic N) is 2. The topological polar surface area (TPSA) is 86.8 Å². The van der Waals surface area contributed by atoms with Crippen molar-refractivity contribution >= 4 is 50.7 Å². The maximum Gasteiger partial charge on any atom is 0.264 e. The molecular weight excluding hydrogens is 576 g/mol. The van der Waals surface area contributed by atoms with Crippen LogP contribution in [0.5, 0.6) is 0 Å². The van der Waals surface area contributed by atoms with Crippen LogP contribution in [0.25, 0.3) is 0 Å². The first-order chi connectivity index (χ1) is 18.8. The molecule has 0 aliphatic heterocycles. The molecule has 0 saturated heterocycles. The Kier molecular flexibility index (Phi) is 10.6. The van der Waals surface area contributed by atoms with Crippen molar-refractivity contribution < 1.29 is 22.4 Å². The normalized spacial score (nSPS) is 12.2. The van der Waals surface area contributed by atoms with Gasteiger partial charge in [0, 0.05) is 12.6 Å². The summed E-state index contributed by atoms with van der Waals surface area (Å²) in [7, 11) is -4.37. The van der Waals surface area contributed by atoms with Crippen molar-refractivity contribution in [2.45, 2.75) is 57.6 Å². The van der Waals surface area contributed by atoms with Crippen LogP contribution in [-0.2, 0) is 26.2 Å². The summed E-state index contributed by atoms with van der Waals surface area (Å²) >= 11 is 12.3. The summed E-state index contributed by atoms with van der Waals surface area (Å²) < 4.78 is 43.3. The first-order valence-electron chi connectivity index (χ1n) is 12.7. The van der Waals surface area contributed by atoms with Gasteiger partial charge in [0.1, 0.15) is 18.4 Å². The van der Waals surface area contributed by atoms with Gasteiger partial charge in [-0.2, -0.15) is 0 Å². The molecule has 0 aromatic heterocycles. The summed E-state index contributed by atoms with van der Waals surface area (Å²) in [6.07, 6.45) is 0.246. The van der Waals surface area contributed by atoms with Crippen LogP contribution in [-0.4, -0.2) is 43.8 Å². The molecule has 0 bridgehead atoms. The van der Waals surface area contributed by atoms with Gasteiger partial charge in [-0.15, -0.1) is 0 Å². The third-order valence-electron chi connectivity index (χ3n) is 6.16. The summed E-state index contributed by atoms with van der Waals surface area (Å²) in [5.74, 6) is -1.91. The van der Waals surface area contributed by atoms with Crippen LogP contribution in [0.1, 0.15) is 38.3 Å². The number of anilines is 1. The average Bonchev–Trinajstić information content (AvgIpc) is 2.89. The highest BCUT2D eigenvalue weighted by atomic mass is 35.5. The molecular formula is C29H32Cl2FN3O4S. The second-order valence-corrected chi connectivity index (χ2v) is 12.3. The molecule has 40 heavy (non-hydrogen) atoms. The van der Waals surface area contributed by atoms with E-state index in [9.17, 15) is 18.0 Å². The molecule has 7 nitrogen and oxygen atoms in total. The molecule has 2 amide bonds. The minimum atomic E-state index is -4.37. The van der Waals surface area contributed by atoms with Gasteiger partial charge in [-0.1, -0.05) is 66.0 Å². The number of hydrogen-bond acceptors (Lipinski definition) is 4. The van der Waals surface area contributed by atoms with Gasteiger partial charge in [-0.05, 0) is 69.2 Å². The number of benzene rings is 3. The van der Waals surface area contributed by atoms with Gasteiger partial charge in [0.15, 0.2) is 0 Å². The first-order valence-corrected chi connectivity index (χ1v) is 14.9. The van der Waals surface area contributed by atoms with E-state index in [0.29, 0.717) is 10.6 Å². The molecule has 3 aromatic carbocycles. The molecule has 1 atom stereocenters. The van der Waals surface area contributed by atoms with Crippen molar-refractivity contribution in [2.24, 2.45) is 0 Å². The molecule has 1 N–H and O–H groups in total. The summed E-state index contributed by atoms with van der Waals surface area (Å²) in [6, 6.07) is 15.1. The van der Waals surface area contributed by atoms with E-state index in [4.69, 9.17) is 23.2 Å². The molecule has 3 aromatic rings. The van der Waals surface area contributed by atoms with Crippen LogP contribution in [0.3, 0.4) is 0 Å². The Labute approximate surface area is 244 Å². The maximum atomic E-state index is 15.0. The lowest BCUT2D eigenvalue weighted by Crippen LogP contribution is -2.53. The molecule has 0 radical (unpaired) electrons. The summed E-state index contributed by atoms with van der Waals surface area (Å²) in [4.78, 5) is 28.3. The fourth-order valence-electron chi connectivity index (χ4n) is 4.14. The van der Waals surface area contributed by atoms with Crippen molar-refractivity contribution in [3.63, 3.8) is 0 Å². The highest BCUT2D eigenvalue weighted by molar-refractivity contribution is 7.92. The van der Waals surface area contributed by atoms with Crippen LogP contribution < -0.4 is 9.62 Å². The van der Waals surface area contributed by atoms with Gasteiger partial charge in [0.25, 0.3) is 10.0 Å². The number of halogens is 3. The van der Waals surface area contributed by atoms with Gasteiger partial charge >= 0.3 is 0 Å². The molecule has 0 aliphatic rings.